The van der Waals surface area contributed by atoms with Gasteiger partial charge >= 0.3 is 0 Å². The van der Waals surface area contributed by atoms with E-state index >= 15 is 0 Å². The van der Waals surface area contributed by atoms with Crippen LogP contribution in [0.2, 0.25) is 0 Å². The zero-order chi connectivity index (χ0) is 18.8. The topological polar surface area (TPSA) is 61.8 Å². The Hall–Kier alpha value is -1.18. The number of hydrogen-bond acceptors (Lipinski definition) is 5. The third-order valence-electron chi connectivity index (χ3n) is 5.15. The molecule has 2 N–H and O–H groups in total. The van der Waals surface area contributed by atoms with E-state index in [0.717, 1.165) is 62.5 Å². The first-order chi connectivity index (χ1) is 12.7. The van der Waals surface area contributed by atoms with Crippen LogP contribution in [0.5, 0.6) is 0 Å². The van der Waals surface area contributed by atoms with Crippen molar-refractivity contribution in [2.75, 3.05) is 46.4 Å². The van der Waals surface area contributed by atoms with Gasteiger partial charge in [0.05, 0.1) is 23.9 Å². The molecule has 0 amide bonds. The van der Waals surface area contributed by atoms with Gasteiger partial charge in [0, 0.05) is 51.1 Å². The highest BCUT2D eigenvalue weighted by molar-refractivity contribution is 7.09. The molecule has 1 atom stereocenters. The molecule has 1 fully saturated rings. The first-order valence-corrected chi connectivity index (χ1v) is 10.7. The molecule has 7 heteroatoms. The normalized spacial score (nSPS) is 17.5. The third kappa shape index (κ3) is 6.52. The highest BCUT2D eigenvalue weighted by Gasteiger charge is 2.26. The minimum atomic E-state index is 0.522. The molecule has 2 heterocycles. The van der Waals surface area contributed by atoms with Gasteiger partial charge in [0.15, 0.2) is 5.96 Å². The summed E-state index contributed by atoms with van der Waals surface area (Å²) in [6.07, 6.45) is 3.33. The van der Waals surface area contributed by atoms with Crippen molar-refractivity contribution in [1.82, 2.24) is 20.5 Å². The SMILES string of the molecule is CCC(CC)C(CNC(=NC)NCCc1csc(C)n1)N1CCOCC1. The number of thiazole rings is 1. The van der Waals surface area contributed by atoms with Gasteiger partial charge in [0.2, 0.25) is 0 Å². The summed E-state index contributed by atoms with van der Waals surface area (Å²) < 4.78 is 5.54. The lowest BCUT2D eigenvalue weighted by Crippen LogP contribution is -2.53. The summed E-state index contributed by atoms with van der Waals surface area (Å²) in [4.78, 5) is 11.5. The van der Waals surface area contributed by atoms with Gasteiger partial charge in [-0.05, 0) is 12.8 Å². The van der Waals surface area contributed by atoms with Gasteiger partial charge < -0.3 is 15.4 Å². The van der Waals surface area contributed by atoms with Crippen molar-refractivity contribution in [1.29, 1.82) is 0 Å². The van der Waals surface area contributed by atoms with Gasteiger partial charge in [-0.2, -0.15) is 0 Å². The lowest BCUT2D eigenvalue weighted by atomic mass is 9.92. The number of aryl methyl sites for hydroxylation is 1. The monoisotopic (exact) mass is 381 g/mol. The number of aliphatic imine (C=N–C) groups is 1. The van der Waals surface area contributed by atoms with Gasteiger partial charge in [-0.1, -0.05) is 26.7 Å². The molecule has 1 unspecified atom stereocenters. The molecule has 1 aromatic heterocycles. The van der Waals surface area contributed by atoms with E-state index in [1.54, 1.807) is 11.3 Å². The Bertz CT molecular complexity index is 538. The van der Waals surface area contributed by atoms with Gasteiger partial charge in [0.1, 0.15) is 0 Å². The predicted molar refractivity (Wildman–Crippen MR) is 110 cm³/mol. The second kappa shape index (κ2) is 11.5. The van der Waals surface area contributed by atoms with Crippen LogP contribution in [-0.4, -0.2) is 68.3 Å². The largest absolute Gasteiger partial charge is 0.379 e. The van der Waals surface area contributed by atoms with E-state index in [1.807, 2.05) is 14.0 Å². The van der Waals surface area contributed by atoms with E-state index < -0.39 is 0 Å². The summed E-state index contributed by atoms with van der Waals surface area (Å²) in [5, 5.41) is 10.2. The molecule has 0 bridgehead atoms. The van der Waals surface area contributed by atoms with Crippen molar-refractivity contribution in [3.63, 3.8) is 0 Å². The molecule has 0 saturated carbocycles. The highest BCUT2D eigenvalue weighted by atomic mass is 32.1. The molecular formula is C19H35N5OS. The van der Waals surface area contributed by atoms with Crippen molar-refractivity contribution in [2.45, 2.75) is 46.1 Å². The average molecular weight is 382 g/mol. The predicted octanol–water partition coefficient (Wildman–Crippen LogP) is 2.30. The summed E-state index contributed by atoms with van der Waals surface area (Å²) in [5.41, 5.74) is 1.15. The molecule has 148 valence electrons. The molecule has 0 aliphatic carbocycles. The fourth-order valence-electron chi connectivity index (χ4n) is 3.59. The zero-order valence-corrected chi connectivity index (χ0v) is 17.6. The maximum atomic E-state index is 5.54. The summed E-state index contributed by atoms with van der Waals surface area (Å²) in [7, 11) is 1.84. The van der Waals surface area contributed by atoms with Crippen LogP contribution in [0.4, 0.5) is 0 Å². The molecule has 0 aromatic carbocycles. The number of aromatic nitrogens is 1. The number of morpholine rings is 1. The smallest absolute Gasteiger partial charge is 0.191 e. The highest BCUT2D eigenvalue weighted by Crippen LogP contribution is 2.19. The molecular weight excluding hydrogens is 346 g/mol. The Morgan fingerprint density at radius 1 is 1.31 bits per heavy atom. The van der Waals surface area contributed by atoms with Crippen molar-refractivity contribution in [3.8, 4) is 0 Å². The molecule has 6 nitrogen and oxygen atoms in total. The van der Waals surface area contributed by atoms with Crippen LogP contribution in [0, 0.1) is 12.8 Å². The van der Waals surface area contributed by atoms with Gasteiger partial charge in [0.25, 0.3) is 0 Å². The molecule has 0 radical (unpaired) electrons. The van der Waals surface area contributed by atoms with Crippen LogP contribution in [0.3, 0.4) is 0 Å². The van der Waals surface area contributed by atoms with E-state index in [9.17, 15) is 0 Å². The minimum Gasteiger partial charge on any atom is -0.379 e. The number of nitrogens with one attached hydrogen (secondary N) is 2. The summed E-state index contributed by atoms with van der Waals surface area (Å²) in [5.74, 6) is 1.57. The van der Waals surface area contributed by atoms with Crippen LogP contribution < -0.4 is 10.6 Å². The molecule has 2 rings (SSSR count). The van der Waals surface area contributed by atoms with Gasteiger partial charge in [-0.15, -0.1) is 11.3 Å². The van der Waals surface area contributed by atoms with E-state index in [0.29, 0.717) is 12.0 Å². The van der Waals surface area contributed by atoms with Crippen LogP contribution in [0.25, 0.3) is 0 Å². The van der Waals surface area contributed by atoms with E-state index in [4.69, 9.17) is 4.74 Å². The first-order valence-electron chi connectivity index (χ1n) is 9.85. The number of guanidine groups is 1. The van der Waals surface area contributed by atoms with Crippen LogP contribution in [0.1, 0.15) is 37.4 Å². The van der Waals surface area contributed by atoms with Crippen LogP contribution in [-0.2, 0) is 11.2 Å². The van der Waals surface area contributed by atoms with Crippen molar-refractivity contribution in [3.05, 3.63) is 16.1 Å². The first kappa shape index (κ1) is 21.1. The number of hydrogen-bond donors (Lipinski definition) is 2. The Labute approximate surface area is 162 Å². The molecule has 26 heavy (non-hydrogen) atoms. The maximum Gasteiger partial charge on any atom is 0.191 e. The standard InChI is InChI=1S/C19H35N5OS/c1-5-16(6-2)18(24-9-11-25-12-10-24)13-22-19(20-4)21-8-7-17-14-26-15(3)23-17/h14,16,18H,5-13H2,1-4H3,(H2,20,21,22). The lowest BCUT2D eigenvalue weighted by molar-refractivity contribution is 0.00272. The second-order valence-electron chi connectivity index (χ2n) is 6.78. The molecule has 1 aromatic rings. The minimum absolute atomic E-state index is 0.522. The van der Waals surface area contributed by atoms with Crippen LogP contribution >= 0.6 is 11.3 Å². The lowest BCUT2D eigenvalue weighted by Gasteiger charge is -2.39. The quantitative estimate of drug-likeness (QED) is 0.508. The van der Waals surface area contributed by atoms with Crippen molar-refractivity contribution >= 4 is 17.3 Å². The Kier molecular flexibility index (Phi) is 9.36. The van der Waals surface area contributed by atoms with Crippen molar-refractivity contribution < 1.29 is 4.74 Å². The number of ether oxygens (including phenoxy) is 1. The summed E-state index contributed by atoms with van der Waals surface area (Å²) >= 11 is 1.71. The maximum absolute atomic E-state index is 5.54. The number of nitrogens with zero attached hydrogens (tertiary/aromatic N) is 3. The van der Waals surface area contributed by atoms with E-state index in [-0.39, 0.29) is 0 Å². The Balaban J connectivity index is 1.83. The summed E-state index contributed by atoms with van der Waals surface area (Å²) in [6, 6.07) is 0.522. The molecule has 1 aliphatic rings. The molecule has 1 aliphatic heterocycles. The Morgan fingerprint density at radius 2 is 2.04 bits per heavy atom. The fraction of sp³-hybridized carbons (Fsp3) is 0.789. The molecule has 1 saturated heterocycles. The molecule has 0 spiro atoms. The number of rotatable bonds is 9. The van der Waals surface area contributed by atoms with Crippen molar-refractivity contribution in [2.24, 2.45) is 10.9 Å². The van der Waals surface area contributed by atoms with E-state index in [2.05, 4.69) is 44.7 Å². The Morgan fingerprint density at radius 3 is 2.62 bits per heavy atom. The fourth-order valence-corrected chi connectivity index (χ4v) is 4.24. The average Bonchev–Trinajstić information content (AvgIpc) is 3.09. The third-order valence-corrected chi connectivity index (χ3v) is 5.97. The van der Waals surface area contributed by atoms with E-state index in [1.165, 1.54) is 12.8 Å². The van der Waals surface area contributed by atoms with Crippen LogP contribution in [0.15, 0.2) is 10.4 Å². The summed E-state index contributed by atoms with van der Waals surface area (Å²) in [6.45, 7) is 12.1. The second-order valence-corrected chi connectivity index (χ2v) is 7.84. The van der Waals surface area contributed by atoms with Gasteiger partial charge in [-0.3, -0.25) is 9.89 Å². The zero-order valence-electron chi connectivity index (χ0n) is 16.8. The van der Waals surface area contributed by atoms with Gasteiger partial charge in [-0.25, -0.2) is 4.98 Å².